The highest BCUT2D eigenvalue weighted by Gasteiger charge is 2.17. The van der Waals surface area contributed by atoms with Crippen LogP contribution in [0.4, 0.5) is 4.39 Å². The minimum absolute atomic E-state index is 0.119. The van der Waals surface area contributed by atoms with Crippen LogP contribution in [0.2, 0.25) is 0 Å². The van der Waals surface area contributed by atoms with Gasteiger partial charge >= 0.3 is 5.97 Å². The van der Waals surface area contributed by atoms with E-state index in [9.17, 15) is 9.18 Å². The van der Waals surface area contributed by atoms with Crippen molar-refractivity contribution in [3.8, 4) is 11.3 Å². The summed E-state index contributed by atoms with van der Waals surface area (Å²) in [5, 5.41) is 12.3. The van der Waals surface area contributed by atoms with Crippen LogP contribution >= 0.6 is 15.9 Å². The van der Waals surface area contributed by atoms with Gasteiger partial charge in [-0.3, -0.25) is 0 Å². The monoisotopic (exact) mass is 329 g/mol. The highest BCUT2D eigenvalue weighted by atomic mass is 79.9. The Labute approximate surface area is 116 Å². The van der Waals surface area contributed by atoms with Crippen molar-refractivity contribution in [3.05, 3.63) is 39.8 Å². The lowest BCUT2D eigenvalue weighted by Gasteiger charge is -2.06. The molecule has 0 saturated carbocycles. The number of hydrogen-bond donors (Lipinski definition) is 1. The van der Waals surface area contributed by atoms with Gasteiger partial charge in [0.15, 0.2) is 0 Å². The van der Waals surface area contributed by atoms with Gasteiger partial charge < -0.3 is 14.4 Å². The Kier molecular flexibility index (Phi) is 3.96. The number of rotatable bonds is 4. The molecule has 0 spiro atoms. The summed E-state index contributed by atoms with van der Waals surface area (Å²) in [6, 6.07) is 4.29. The number of carbonyl (C=O) groups is 1. The minimum atomic E-state index is -1.26. The Balaban J connectivity index is 2.50. The van der Waals surface area contributed by atoms with Gasteiger partial charge in [0.25, 0.3) is 0 Å². The summed E-state index contributed by atoms with van der Waals surface area (Å²) in [7, 11) is 1.52. The smallest absolute Gasteiger partial charge is 0.374 e. The van der Waals surface area contributed by atoms with Crippen molar-refractivity contribution in [2.45, 2.75) is 6.61 Å². The molecule has 1 N–H and O–H groups in total. The van der Waals surface area contributed by atoms with Crippen LogP contribution in [0.15, 0.2) is 27.2 Å². The summed E-state index contributed by atoms with van der Waals surface area (Å²) < 4.78 is 23.8. The lowest BCUT2D eigenvalue weighted by atomic mass is 10.1. The molecule has 100 valence electrons. The Morgan fingerprint density at radius 2 is 2.26 bits per heavy atom. The molecule has 0 fully saturated rings. The first kappa shape index (κ1) is 13.7. The molecule has 0 aliphatic heterocycles. The first-order chi connectivity index (χ1) is 9.02. The van der Waals surface area contributed by atoms with Crippen LogP contribution in [0.25, 0.3) is 11.3 Å². The maximum atomic E-state index is 14.0. The van der Waals surface area contributed by atoms with Crippen LogP contribution in [0.1, 0.15) is 16.1 Å². The van der Waals surface area contributed by atoms with E-state index in [4.69, 9.17) is 9.84 Å². The zero-order valence-electron chi connectivity index (χ0n) is 9.81. The number of nitrogens with zero attached hydrogens (tertiary/aromatic N) is 1. The van der Waals surface area contributed by atoms with E-state index in [2.05, 4.69) is 25.6 Å². The van der Waals surface area contributed by atoms with Crippen LogP contribution in [-0.4, -0.2) is 23.3 Å². The molecule has 0 saturated heterocycles. The van der Waals surface area contributed by atoms with Crippen LogP contribution in [0, 0.1) is 5.82 Å². The lowest BCUT2D eigenvalue weighted by Crippen LogP contribution is -1.94. The number of carboxylic acids is 1. The summed E-state index contributed by atoms with van der Waals surface area (Å²) in [5.41, 5.74) is 0.997. The van der Waals surface area contributed by atoms with Crippen LogP contribution in [-0.2, 0) is 11.3 Å². The molecule has 0 amide bonds. The summed E-state index contributed by atoms with van der Waals surface area (Å²) in [6.07, 6.45) is 0. The van der Waals surface area contributed by atoms with Gasteiger partial charge in [0, 0.05) is 18.7 Å². The van der Waals surface area contributed by atoms with Crippen LogP contribution in [0.3, 0.4) is 0 Å². The van der Waals surface area contributed by atoms with Crippen molar-refractivity contribution >= 4 is 21.9 Å². The summed E-state index contributed by atoms with van der Waals surface area (Å²) in [6.45, 7) is 0.301. The number of aromatic nitrogens is 1. The van der Waals surface area contributed by atoms with Gasteiger partial charge in [-0.1, -0.05) is 5.16 Å². The summed E-state index contributed by atoms with van der Waals surface area (Å²) >= 11 is 3.09. The molecular formula is C12H9BrFNO4. The summed E-state index contributed by atoms with van der Waals surface area (Å²) in [4.78, 5) is 10.7. The van der Waals surface area contributed by atoms with Gasteiger partial charge in [0.2, 0.25) is 5.76 Å². The first-order valence-corrected chi connectivity index (χ1v) is 5.99. The first-order valence-electron chi connectivity index (χ1n) is 5.20. The molecule has 2 aromatic rings. The molecule has 19 heavy (non-hydrogen) atoms. The number of hydrogen-bond acceptors (Lipinski definition) is 4. The zero-order chi connectivity index (χ0) is 14.0. The third-order valence-electron chi connectivity index (χ3n) is 2.40. The summed E-state index contributed by atoms with van der Waals surface area (Å²) in [5.74, 6) is -2.14. The van der Waals surface area contributed by atoms with Gasteiger partial charge in [-0.05, 0) is 33.6 Å². The molecule has 5 nitrogen and oxygen atoms in total. The van der Waals surface area contributed by atoms with E-state index in [0.717, 1.165) is 5.56 Å². The minimum Gasteiger partial charge on any atom is -0.475 e. The van der Waals surface area contributed by atoms with Crippen molar-refractivity contribution in [2.24, 2.45) is 0 Å². The van der Waals surface area contributed by atoms with E-state index < -0.39 is 11.8 Å². The van der Waals surface area contributed by atoms with E-state index in [-0.39, 0.29) is 21.5 Å². The number of carboxylic acid groups (broad SMARTS) is 1. The number of aromatic carboxylic acids is 1. The topological polar surface area (TPSA) is 72.6 Å². The normalized spacial score (nSPS) is 10.7. The van der Waals surface area contributed by atoms with Crippen molar-refractivity contribution in [2.75, 3.05) is 7.11 Å². The highest BCUT2D eigenvalue weighted by Crippen LogP contribution is 2.29. The van der Waals surface area contributed by atoms with Gasteiger partial charge in [0.1, 0.15) is 11.5 Å². The number of methoxy groups -OCH3 is 1. The average Bonchev–Trinajstić information content (AvgIpc) is 2.83. The molecule has 0 atom stereocenters. The maximum Gasteiger partial charge on any atom is 0.374 e. The average molecular weight is 330 g/mol. The van der Waals surface area contributed by atoms with Gasteiger partial charge in [-0.15, -0.1) is 0 Å². The molecule has 0 aliphatic rings. The fraction of sp³-hybridized carbons (Fsp3) is 0.167. The zero-order valence-corrected chi connectivity index (χ0v) is 11.4. The molecular weight excluding hydrogens is 321 g/mol. The van der Waals surface area contributed by atoms with Crippen LogP contribution < -0.4 is 0 Å². The number of benzene rings is 1. The number of ether oxygens (including phenoxy) is 1. The molecule has 1 aromatic carbocycles. The second kappa shape index (κ2) is 5.50. The van der Waals surface area contributed by atoms with E-state index in [1.165, 1.54) is 19.2 Å². The third kappa shape index (κ3) is 2.82. The Hall–Kier alpha value is -1.73. The highest BCUT2D eigenvalue weighted by molar-refractivity contribution is 9.10. The quantitative estimate of drug-likeness (QED) is 0.933. The molecule has 0 aliphatic carbocycles. The van der Waals surface area contributed by atoms with Gasteiger partial charge in [-0.2, -0.15) is 0 Å². The van der Waals surface area contributed by atoms with Gasteiger partial charge in [0.05, 0.1) is 11.1 Å². The maximum absolute atomic E-state index is 14.0. The largest absolute Gasteiger partial charge is 0.475 e. The second-order valence-electron chi connectivity index (χ2n) is 3.75. The predicted molar refractivity (Wildman–Crippen MR) is 67.3 cm³/mol. The fourth-order valence-corrected chi connectivity index (χ4v) is 2.09. The SMILES string of the molecule is COCc1cc(Br)c(F)c(-c2cc(C(=O)O)on2)c1. The third-order valence-corrected chi connectivity index (χ3v) is 2.97. The Morgan fingerprint density at radius 1 is 1.53 bits per heavy atom. The van der Waals surface area contributed by atoms with Crippen molar-refractivity contribution in [1.82, 2.24) is 5.16 Å². The van der Waals surface area contributed by atoms with Crippen LogP contribution in [0.5, 0.6) is 0 Å². The molecule has 7 heteroatoms. The molecule has 1 heterocycles. The molecule has 0 radical (unpaired) electrons. The Bertz CT molecular complexity index is 626. The predicted octanol–water partition coefficient (Wildman–Crippen LogP) is 3.09. The van der Waals surface area contributed by atoms with Crippen molar-refractivity contribution in [3.63, 3.8) is 0 Å². The Morgan fingerprint density at radius 3 is 2.84 bits per heavy atom. The fourth-order valence-electron chi connectivity index (χ4n) is 1.58. The van der Waals surface area contributed by atoms with E-state index in [1.807, 2.05) is 0 Å². The van der Waals surface area contributed by atoms with Gasteiger partial charge in [-0.25, -0.2) is 9.18 Å². The lowest BCUT2D eigenvalue weighted by molar-refractivity contribution is 0.0652. The van der Waals surface area contributed by atoms with E-state index in [1.54, 1.807) is 6.07 Å². The molecule has 2 rings (SSSR count). The molecule has 0 unspecified atom stereocenters. The number of halogens is 2. The second-order valence-corrected chi connectivity index (χ2v) is 4.61. The van der Waals surface area contributed by atoms with Crippen molar-refractivity contribution < 1.29 is 23.6 Å². The van der Waals surface area contributed by atoms with Crippen molar-refractivity contribution in [1.29, 1.82) is 0 Å². The molecule has 1 aromatic heterocycles. The van der Waals surface area contributed by atoms with E-state index in [0.29, 0.717) is 6.61 Å². The van der Waals surface area contributed by atoms with E-state index >= 15 is 0 Å². The standard InChI is InChI=1S/C12H9BrFNO4/c1-18-5-6-2-7(11(14)8(13)3-6)9-4-10(12(16)17)19-15-9/h2-4H,5H2,1H3,(H,16,17). The molecule has 0 bridgehead atoms.